The second-order valence-corrected chi connectivity index (χ2v) is 4.55. The zero-order chi connectivity index (χ0) is 11.2. The molecule has 0 spiro atoms. The minimum Gasteiger partial charge on any atom is -0.371 e. The predicted octanol–water partition coefficient (Wildman–Crippen LogP) is 0.449. The highest BCUT2D eigenvalue weighted by molar-refractivity contribution is 5.77. The predicted molar refractivity (Wildman–Crippen MR) is 62.1 cm³/mol. The highest BCUT2D eigenvalue weighted by atomic mass is 16.5. The maximum Gasteiger partial charge on any atom is 0.246 e. The number of rotatable bonds is 6. The van der Waals surface area contributed by atoms with Gasteiger partial charge in [-0.15, -0.1) is 0 Å². The Morgan fingerprint density at radius 1 is 1.56 bits per heavy atom. The van der Waals surface area contributed by atoms with Gasteiger partial charge in [-0.05, 0) is 31.7 Å². The summed E-state index contributed by atoms with van der Waals surface area (Å²) >= 11 is 0. The summed E-state index contributed by atoms with van der Waals surface area (Å²) in [5, 5.41) is 6.13. The smallest absolute Gasteiger partial charge is 0.246 e. The average Bonchev–Trinajstić information content (AvgIpc) is 3.12. The van der Waals surface area contributed by atoms with E-state index in [1.54, 1.807) is 0 Å². The Hall–Kier alpha value is -0.870. The van der Waals surface area contributed by atoms with E-state index in [9.17, 15) is 4.79 Å². The van der Waals surface area contributed by atoms with Gasteiger partial charge in [-0.2, -0.15) is 0 Å². The molecule has 0 aromatic rings. The largest absolute Gasteiger partial charge is 0.371 e. The minimum atomic E-state index is 0.0000765. The van der Waals surface area contributed by atoms with Gasteiger partial charge in [0, 0.05) is 13.1 Å². The van der Waals surface area contributed by atoms with Crippen molar-refractivity contribution < 1.29 is 9.53 Å². The first-order chi connectivity index (χ1) is 7.84. The number of hydrogen-bond acceptors (Lipinski definition) is 3. The molecule has 4 nitrogen and oxygen atoms in total. The van der Waals surface area contributed by atoms with Crippen LogP contribution in [0.5, 0.6) is 0 Å². The molecule has 0 radical (unpaired) electrons. The maximum atomic E-state index is 11.4. The molecular formula is C12H20N2O2. The molecule has 2 N–H and O–H groups in total. The topological polar surface area (TPSA) is 50.4 Å². The zero-order valence-corrected chi connectivity index (χ0v) is 9.63. The molecule has 1 saturated carbocycles. The van der Waals surface area contributed by atoms with Gasteiger partial charge in [-0.1, -0.05) is 11.6 Å². The van der Waals surface area contributed by atoms with Crippen LogP contribution < -0.4 is 10.6 Å². The Balaban J connectivity index is 1.53. The van der Waals surface area contributed by atoms with E-state index in [2.05, 4.69) is 16.7 Å². The molecule has 1 amide bonds. The van der Waals surface area contributed by atoms with Crippen molar-refractivity contribution in [2.24, 2.45) is 5.92 Å². The van der Waals surface area contributed by atoms with Crippen molar-refractivity contribution in [3.05, 3.63) is 11.6 Å². The van der Waals surface area contributed by atoms with E-state index in [1.807, 2.05) is 0 Å². The molecule has 90 valence electrons. The third-order valence-electron chi connectivity index (χ3n) is 2.95. The Bertz CT molecular complexity index is 272. The highest BCUT2D eigenvalue weighted by Gasteiger charge is 2.21. The fourth-order valence-corrected chi connectivity index (χ4v) is 1.70. The standard InChI is InChI=1S/C12H20N2O2/c15-12(9-16-8-11-1-2-11)14-7-10-3-5-13-6-4-10/h3,11,13H,1-2,4-9H2,(H,14,15). The van der Waals surface area contributed by atoms with Crippen molar-refractivity contribution in [1.82, 2.24) is 10.6 Å². The molecule has 2 aliphatic rings. The van der Waals surface area contributed by atoms with E-state index in [-0.39, 0.29) is 12.5 Å². The summed E-state index contributed by atoms with van der Waals surface area (Å²) in [6, 6.07) is 0. The van der Waals surface area contributed by atoms with Crippen molar-refractivity contribution in [3.63, 3.8) is 0 Å². The van der Waals surface area contributed by atoms with Crippen LogP contribution in [0.4, 0.5) is 0 Å². The number of nitrogens with one attached hydrogen (secondary N) is 2. The van der Waals surface area contributed by atoms with Crippen LogP contribution in [0.1, 0.15) is 19.3 Å². The van der Waals surface area contributed by atoms with Gasteiger partial charge in [-0.25, -0.2) is 0 Å². The number of carbonyl (C=O) groups excluding carboxylic acids is 1. The van der Waals surface area contributed by atoms with E-state index < -0.39 is 0 Å². The lowest BCUT2D eigenvalue weighted by Crippen LogP contribution is -2.32. The summed E-state index contributed by atoms with van der Waals surface area (Å²) in [6.45, 7) is 3.57. The lowest BCUT2D eigenvalue weighted by atomic mass is 10.1. The second-order valence-electron chi connectivity index (χ2n) is 4.55. The van der Waals surface area contributed by atoms with Crippen LogP contribution >= 0.6 is 0 Å². The second kappa shape index (κ2) is 6.01. The fourth-order valence-electron chi connectivity index (χ4n) is 1.70. The maximum absolute atomic E-state index is 11.4. The van der Waals surface area contributed by atoms with E-state index in [0.29, 0.717) is 6.54 Å². The minimum absolute atomic E-state index is 0.0000765. The number of hydrogen-bond donors (Lipinski definition) is 2. The first kappa shape index (κ1) is 11.6. The number of ether oxygens (including phenoxy) is 1. The Morgan fingerprint density at radius 3 is 3.12 bits per heavy atom. The first-order valence-corrected chi connectivity index (χ1v) is 6.07. The van der Waals surface area contributed by atoms with Crippen LogP contribution in [0.2, 0.25) is 0 Å². The molecule has 0 aromatic heterocycles. The van der Waals surface area contributed by atoms with Crippen LogP contribution in [0.3, 0.4) is 0 Å². The zero-order valence-electron chi connectivity index (χ0n) is 9.63. The Kier molecular flexibility index (Phi) is 4.36. The van der Waals surface area contributed by atoms with E-state index >= 15 is 0 Å². The summed E-state index contributed by atoms with van der Waals surface area (Å²) in [7, 11) is 0. The quantitative estimate of drug-likeness (QED) is 0.644. The molecule has 2 rings (SSSR count). The van der Waals surface area contributed by atoms with Gasteiger partial charge >= 0.3 is 0 Å². The normalized spacial score (nSPS) is 20.4. The molecule has 1 fully saturated rings. The third kappa shape index (κ3) is 4.33. The van der Waals surface area contributed by atoms with Gasteiger partial charge in [0.1, 0.15) is 6.61 Å². The van der Waals surface area contributed by atoms with Gasteiger partial charge < -0.3 is 15.4 Å². The van der Waals surface area contributed by atoms with E-state index in [0.717, 1.165) is 32.0 Å². The highest BCUT2D eigenvalue weighted by Crippen LogP contribution is 2.28. The SMILES string of the molecule is O=C(COCC1CC1)NCC1=CCNCC1. The van der Waals surface area contributed by atoms with Crippen molar-refractivity contribution >= 4 is 5.91 Å². The molecule has 0 atom stereocenters. The van der Waals surface area contributed by atoms with Crippen LogP contribution in [-0.4, -0.2) is 38.8 Å². The van der Waals surface area contributed by atoms with Crippen molar-refractivity contribution in [2.75, 3.05) is 32.8 Å². The summed E-state index contributed by atoms with van der Waals surface area (Å²) in [5.41, 5.74) is 1.31. The molecule has 1 heterocycles. The van der Waals surface area contributed by atoms with Crippen LogP contribution in [0.15, 0.2) is 11.6 Å². The van der Waals surface area contributed by atoms with E-state index in [4.69, 9.17) is 4.74 Å². The Morgan fingerprint density at radius 2 is 2.44 bits per heavy atom. The molecular weight excluding hydrogens is 204 g/mol. The summed E-state index contributed by atoms with van der Waals surface area (Å²) in [6.07, 6.45) is 5.71. The monoisotopic (exact) mass is 224 g/mol. The summed E-state index contributed by atoms with van der Waals surface area (Å²) < 4.78 is 5.32. The molecule has 0 bridgehead atoms. The van der Waals surface area contributed by atoms with Gasteiger partial charge in [-0.3, -0.25) is 4.79 Å². The van der Waals surface area contributed by atoms with Gasteiger partial charge in [0.25, 0.3) is 0 Å². The van der Waals surface area contributed by atoms with Gasteiger partial charge in [0.15, 0.2) is 0 Å². The Labute approximate surface area is 96.4 Å². The van der Waals surface area contributed by atoms with Crippen molar-refractivity contribution in [1.29, 1.82) is 0 Å². The van der Waals surface area contributed by atoms with E-state index in [1.165, 1.54) is 18.4 Å². The average molecular weight is 224 g/mol. The van der Waals surface area contributed by atoms with Crippen molar-refractivity contribution in [2.45, 2.75) is 19.3 Å². The molecule has 4 heteroatoms. The lowest BCUT2D eigenvalue weighted by Gasteiger charge is -2.14. The number of carbonyl (C=O) groups is 1. The van der Waals surface area contributed by atoms with Crippen LogP contribution in [0.25, 0.3) is 0 Å². The molecule has 16 heavy (non-hydrogen) atoms. The number of amides is 1. The molecule has 0 aromatic carbocycles. The van der Waals surface area contributed by atoms with Crippen LogP contribution in [-0.2, 0) is 9.53 Å². The molecule has 1 aliphatic heterocycles. The molecule has 0 saturated heterocycles. The van der Waals surface area contributed by atoms with Crippen molar-refractivity contribution in [3.8, 4) is 0 Å². The lowest BCUT2D eigenvalue weighted by molar-refractivity contribution is -0.125. The summed E-state index contributed by atoms with van der Waals surface area (Å²) in [5.74, 6) is 0.722. The fraction of sp³-hybridized carbons (Fsp3) is 0.750. The molecule has 1 aliphatic carbocycles. The third-order valence-corrected chi connectivity index (χ3v) is 2.95. The van der Waals surface area contributed by atoms with Gasteiger partial charge in [0.05, 0.1) is 6.61 Å². The molecule has 0 unspecified atom stereocenters. The van der Waals surface area contributed by atoms with Gasteiger partial charge in [0.2, 0.25) is 5.91 Å². The first-order valence-electron chi connectivity index (χ1n) is 6.07. The van der Waals surface area contributed by atoms with Crippen LogP contribution in [0, 0.1) is 5.92 Å². The summed E-state index contributed by atoms with van der Waals surface area (Å²) in [4.78, 5) is 11.4.